The Morgan fingerprint density at radius 2 is 1.52 bits per heavy atom. The number of ether oxygens (including phenoxy) is 2. The summed E-state index contributed by atoms with van der Waals surface area (Å²) in [5, 5.41) is 0. The quantitative estimate of drug-likeness (QED) is 0.331. The van der Waals surface area contributed by atoms with Crippen molar-refractivity contribution in [3.8, 4) is 11.5 Å². The van der Waals surface area contributed by atoms with Crippen molar-refractivity contribution in [1.29, 1.82) is 0 Å². The van der Waals surface area contributed by atoms with E-state index < -0.39 is 5.97 Å². The number of methoxy groups -OCH3 is 1. The largest absolute Gasteiger partial charge is 0.497 e. The lowest BCUT2D eigenvalue weighted by atomic mass is 9.63. The molecule has 7 rings (SSSR count). The highest BCUT2D eigenvalue weighted by Crippen LogP contribution is 2.65. The second-order valence-corrected chi connectivity index (χ2v) is 8.78. The number of benzene rings is 2. The summed E-state index contributed by atoms with van der Waals surface area (Å²) < 4.78 is 10.5. The van der Waals surface area contributed by atoms with Crippen molar-refractivity contribution in [2.45, 2.75) is 6.42 Å². The van der Waals surface area contributed by atoms with Gasteiger partial charge in [0.1, 0.15) is 11.5 Å². The zero-order valence-corrected chi connectivity index (χ0v) is 16.9. The van der Waals surface area contributed by atoms with Gasteiger partial charge in [0.25, 0.3) is 0 Å². The molecule has 31 heavy (non-hydrogen) atoms. The van der Waals surface area contributed by atoms with E-state index in [2.05, 4.69) is 12.2 Å². The molecule has 1 heterocycles. The third-order valence-electron chi connectivity index (χ3n) is 7.27. The topological polar surface area (TPSA) is 72.9 Å². The minimum Gasteiger partial charge on any atom is -0.497 e. The van der Waals surface area contributed by atoms with Gasteiger partial charge in [-0.2, -0.15) is 0 Å². The van der Waals surface area contributed by atoms with Crippen LogP contribution in [0.2, 0.25) is 0 Å². The van der Waals surface area contributed by atoms with Crippen molar-refractivity contribution in [2.75, 3.05) is 12.0 Å². The molecule has 2 aromatic rings. The van der Waals surface area contributed by atoms with Crippen molar-refractivity contribution in [1.82, 2.24) is 0 Å². The molecular formula is C25H21NO5. The van der Waals surface area contributed by atoms with Gasteiger partial charge in [-0.25, -0.2) is 9.69 Å². The summed E-state index contributed by atoms with van der Waals surface area (Å²) in [5.74, 6) is 1.15. The minimum absolute atomic E-state index is 0.139. The predicted molar refractivity (Wildman–Crippen MR) is 112 cm³/mol. The highest BCUT2D eigenvalue weighted by molar-refractivity contribution is 6.23. The molecule has 5 aliphatic rings. The molecule has 4 aliphatic carbocycles. The van der Waals surface area contributed by atoms with Gasteiger partial charge in [-0.15, -0.1) is 0 Å². The highest BCUT2D eigenvalue weighted by atomic mass is 16.5. The fourth-order valence-electron chi connectivity index (χ4n) is 5.79. The second kappa shape index (κ2) is 6.54. The average Bonchev–Trinajstić information content (AvgIpc) is 3.57. The third-order valence-corrected chi connectivity index (χ3v) is 7.27. The Balaban J connectivity index is 1.26. The molecule has 1 aliphatic heterocycles. The lowest BCUT2D eigenvalue weighted by molar-refractivity contribution is -0.124. The first kappa shape index (κ1) is 18.4. The van der Waals surface area contributed by atoms with Crippen LogP contribution in [0.1, 0.15) is 16.8 Å². The number of nitrogens with zero attached hydrogens (tertiary/aromatic N) is 1. The molecule has 0 aromatic heterocycles. The van der Waals surface area contributed by atoms with E-state index in [-0.39, 0.29) is 41.0 Å². The van der Waals surface area contributed by atoms with E-state index in [0.29, 0.717) is 29.0 Å². The number of anilines is 1. The van der Waals surface area contributed by atoms with Crippen LogP contribution in [0.15, 0.2) is 60.7 Å². The average molecular weight is 415 g/mol. The van der Waals surface area contributed by atoms with Gasteiger partial charge in [-0.05, 0) is 72.6 Å². The Morgan fingerprint density at radius 3 is 2.13 bits per heavy atom. The number of carbonyl (C=O) groups is 3. The first-order chi connectivity index (χ1) is 15.1. The summed E-state index contributed by atoms with van der Waals surface area (Å²) in [6.45, 7) is 0. The van der Waals surface area contributed by atoms with Gasteiger partial charge in [0, 0.05) is 0 Å². The first-order valence-corrected chi connectivity index (χ1v) is 10.6. The summed E-state index contributed by atoms with van der Waals surface area (Å²) in [6, 6.07) is 13.3. The van der Waals surface area contributed by atoms with Gasteiger partial charge in [0.15, 0.2) is 0 Å². The fraction of sp³-hybridized carbons (Fsp3) is 0.320. The summed E-state index contributed by atoms with van der Waals surface area (Å²) in [4.78, 5) is 40.5. The molecule has 156 valence electrons. The Bertz CT molecular complexity index is 1100. The number of allylic oxidation sites excluding steroid dienone is 2. The summed E-state index contributed by atoms with van der Waals surface area (Å²) in [5.41, 5.74) is 0.717. The molecule has 6 heteroatoms. The Hall–Kier alpha value is -3.41. The van der Waals surface area contributed by atoms with E-state index in [1.54, 1.807) is 55.6 Å². The van der Waals surface area contributed by atoms with E-state index in [9.17, 15) is 14.4 Å². The zero-order valence-electron chi connectivity index (χ0n) is 16.9. The summed E-state index contributed by atoms with van der Waals surface area (Å²) in [6.07, 6.45) is 5.43. The van der Waals surface area contributed by atoms with Gasteiger partial charge in [0.05, 0.1) is 30.2 Å². The van der Waals surface area contributed by atoms with Crippen molar-refractivity contribution >= 4 is 23.5 Å². The van der Waals surface area contributed by atoms with Crippen LogP contribution in [0, 0.1) is 35.5 Å². The SMILES string of the molecule is COc1ccc(OC(=O)c2cccc(N3C(=O)[C@@H]4[C@H]5C=C[C@@H]([C@@H]6C[C@H]56)[C@H]4C3=O)c2)cc1. The molecular weight excluding hydrogens is 394 g/mol. The number of hydrogen-bond acceptors (Lipinski definition) is 5. The van der Waals surface area contributed by atoms with Gasteiger partial charge in [-0.3, -0.25) is 9.59 Å². The molecule has 2 amide bonds. The molecule has 2 aromatic carbocycles. The van der Waals surface area contributed by atoms with Crippen molar-refractivity contribution < 1.29 is 23.9 Å². The molecule has 6 nitrogen and oxygen atoms in total. The lowest BCUT2D eigenvalue weighted by Crippen LogP contribution is -2.40. The molecule has 0 radical (unpaired) electrons. The Morgan fingerprint density at radius 1 is 0.903 bits per heavy atom. The second-order valence-electron chi connectivity index (χ2n) is 8.78. The number of amides is 2. The zero-order chi connectivity index (χ0) is 21.3. The standard InChI is InChI=1S/C25H21NO5/c1-30-15-5-7-16(8-6-15)31-25(29)13-3-2-4-14(11-13)26-23(27)21-17-9-10-18(20-12-19(17)20)22(21)24(26)28/h2-11,17-22H,12H2,1H3/t17-,18-,19-,20+,21+,22+/m0/s1. The lowest BCUT2D eigenvalue weighted by Gasteiger charge is -2.37. The summed E-state index contributed by atoms with van der Waals surface area (Å²) in [7, 11) is 1.56. The predicted octanol–water partition coefficient (Wildman–Crippen LogP) is 3.47. The molecule has 6 atom stereocenters. The number of esters is 1. The molecule has 2 bridgehead atoms. The maximum Gasteiger partial charge on any atom is 0.343 e. The number of imide groups is 1. The molecule has 0 unspecified atom stereocenters. The Kier molecular flexibility index (Phi) is 3.88. The van der Waals surface area contributed by atoms with Crippen molar-refractivity contribution in [3.05, 3.63) is 66.2 Å². The maximum absolute atomic E-state index is 13.3. The smallest absolute Gasteiger partial charge is 0.343 e. The highest BCUT2D eigenvalue weighted by Gasteiger charge is 2.67. The molecule has 3 fully saturated rings. The number of carbonyl (C=O) groups excluding carboxylic acids is 3. The molecule has 0 spiro atoms. The van der Waals surface area contributed by atoms with Crippen LogP contribution >= 0.6 is 0 Å². The Labute approximate surface area is 179 Å². The van der Waals surface area contributed by atoms with Gasteiger partial charge >= 0.3 is 5.97 Å². The number of rotatable bonds is 4. The van der Waals surface area contributed by atoms with Crippen molar-refractivity contribution in [2.24, 2.45) is 35.5 Å². The minimum atomic E-state index is -0.550. The van der Waals surface area contributed by atoms with Gasteiger partial charge < -0.3 is 9.47 Å². The van der Waals surface area contributed by atoms with E-state index >= 15 is 0 Å². The normalized spacial score (nSPS) is 32.0. The first-order valence-electron chi connectivity index (χ1n) is 10.6. The van der Waals surface area contributed by atoms with E-state index in [4.69, 9.17) is 9.47 Å². The summed E-state index contributed by atoms with van der Waals surface area (Å²) >= 11 is 0. The van der Waals surface area contributed by atoms with E-state index in [1.165, 1.54) is 4.90 Å². The van der Waals surface area contributed by atoms with Crippen LogP contribution in [0.25, 0.3) is 0 Å². The monoisotopic (exact) mass is 415 g/mol. The molecule has 1 saturated heterocycles. The fourth-order valence-corrected chi connectivity index (χ4v) is 5.79. The van der Waals surface area contributed by atoms with Gasteiger partial charge in [-0.1, -0.05) is 18.2 Å². The van der Waals surface area contributed by atoms with E-state index in [1.807, 2.05) is 0 Å². The van der Waals surface area contributed by atoms with Crippen LogP contribution in [-0.4, -0.2) is 24.9 Å². The van der Waals surface area contributed by atoms with Gasteiger partial charge in [0.2, 0.25) is 11.8 Å². The van der Waals surface area contributed by atoms with Crippen LogP contribution in [-0.2, 0) is 9.59 Å². The van der Waals surface area contributed by atoms with E-state index in [0.717, 1.165) is 6.42 Å². The number of hydrogen-bond donors (Lipinski definition) is 0. The van der Waals surface area contributed by atoms with Crippen LogP contribution in [0.3, 0.4) is 0 Å². The molecule has 2 saturated carbocycles. The molecule has 0 N–H and O–H groups in total. The van der Waals surface area contributed by atoms with Crippen LogP contribution in [0.4, 0.5) is 5.69 Å². The maximum atomic E-state index is 13.3. The van der Waals surface area contributed by atoms with Crippen LogP contribution in [0.5, 0.6) is 11.5 Å². The third kappa shape index (κ3) is 2.67. The van der Waals surface area contributed by atoms with Crippen LogP contribution < -0.4 is 14.4 Å². The van der Waals surface area contributed by atoms with Crippen molar-refractivity contribution in [3.63, 3.8) is 0 Å².